The fourth-order valence-corrected chi connectivity index (χ4v) is 2.74. The zero-order chi connectivity index (χ0) is 13.0. The smallest absolute Gasteiger partial charge is 0.213 e. The molecule has 0 bridgehead atoms. The summed E-state index contributed by atoms with van der Waals surface area (Å²) in [5, 5.41) is 2.20. The van der Waals surface area contributed by atoms with Gasteiger partial charge in [-0.15, -0.1) is 0 Å². The SMILES string of the molecule is CC.Cp1oc2ccccc2c2ccccc2o1. The maximum atomic E-state index is 5.78. The van der Waals surface area contributed by atoms with Gasteiger partial charge in [0.25, 0.3) is 0 Å². The Morgan fingerprint density at radius 2 is 1.11 bits per heavy atom. The molecule has 3 aromatic rings. The maximum Gasteiger partial charge on any atom is 0.213 e. The molecule has 0 radical (unpaired) electrons. The predicted octanol–water partition coefficient (Wildman–Crippen LogP) is 5.85. The van der Waals surface area contributed by atoms with Crippen molar-refractivity contribution >= 4 is 30.0 Å². The number of aryl methyl sites for hydroxylation is 1. The van der Waals surface area contributed by atoms with Crippen LogP contribution in [-0.4, -0.2) is 0 Å². The molecule has 0 N–H and O–H groups in total. The molecule has 1 aromatic heterocycles. The minimum atomic E-state index is -0.891. The first-order valence-electron chi connectivity index (χ1n) is 6.13. The van der Waals surface area contributed by atoms with Gasteiger partial charge in [-0.25, -0.2) is 0 Å². The molecular formula is C15H17O2P. The minimum Gasteiger partial charge on any atom is -0.419 e. The molecule has 0 aliphatic rings. The van der Waals surface area contributed by atoms with Crippen molar-refractivity contribution in [3.05, 3.63) is 48.5 Å². The zero-order valence-electron chi connectivity index (χ0n) is 10.9. The molecule has 0 spiro atoms. The van der Waals surface area contributed by atoms with Crippen LogP contribution < -0.4 is 0 Å². The van der Waals surface area contributed by atoms with Gasteiger partial charge >= 0.3 is 0 Å². The highest BCUT2D eigenvalue weighted by Gasteiger charge is 2.01. The van der Waals surface area contributed by atoms with Crippen LogP contribution in [0.15, 0.2) is 56.9 Å². The van der Waals surface area contributed by atoms with Crippen molar-refractivity contribution in [2.45, 2.75) is 13.8 Å². The second kappa shape index (κ2) is 5.79. The number of rotatable bonds is 0. The second-order valence-corrected chi connectivity index (χ2v) is 4.86. The van der Waals surface area contributed by atoms with Crippen LogP contribution in [0.2, 0.25) is 0 Å². The monoisotopic (exact) mass is 260 g/mol. The van der Waals surface area contributed by atoms with Gasteiger partial charge in [-0.2, -0.15) is 0 Å². The van der Waals surface area contributed by atoms with Gasteiger partial charge in [0.15, 0.2) is 0 Å². The molecular weight excluding hydrogens is 243 g/mol. The van der Waals surface area contributed by atoms with Crippen LogP contribution in [0.25, 0.3) is 21.9 Å². The van der Waals surface area contributed by atoms with Crippen LogP contribution >= 0.6 is 8.01 Å². The molecule has 0 atom stereocenters. The summed E-state index contributed by atoms with van der Waals surface area (Å²) in [5.74, 6) is 0. The van der Waals surface area contributed by atoms with Gasteiger partial charge in [-0.3, -0.25) is 0 Å². The Hall–Kier alpha value is -1.66. The lowest BCUT2D eigenvalue weighted by Gasteiger charge is -1.92. The first-order valence-corrected chi connectivity index (χ1v) is 7.75. The van der Waals surface area contributed by atoms with Crippen LogP contribution in [0.4, 0.5) is 0 Å². The lowest BCUT2D eigenvalue weighted by molar-refractivity contribution is 0.644. The van der Waals surface area contributed by atoms with E-state index in [-0.39, 0.29) is 0 Å². The number of para-hydroxylation sites is 2. The fraction of sp³-hybridized carbons (Fsp3) is 0.200. The molecule has 0 fully saturated rings. The topological polar surface area (TPSA) is 26.3 Å². The van der Waals surface area contributed by atoms with Gasteiger partial charge in [-0.1, -0.05) is 50.2 Å². The summed E-state index contributed by atoms with van der Waals surface area (Å²) in [7, 11) is -0.891. The molecule has 0 saturated carbocycles. The Kier molecular flexibility index (Phi) is 4.11. The van der Waals surface area contributed by atoms with E-state index in [1.54, 1.807) is 0 Å². The molecule has 3 rings (SSSR count). The normalized spacial score (nSPS) is 9.94. The van der Waals surface area contributed by atoms with E-state index in [1.165, 1.54) is 0 Å². The third-order valence-corrected chi connectivity index (χ3v) is 3.43. The summed E-state index contributed by atoms with van der Waals surface area (Å²) in [6.07, 6.45) is 0. The van der Waals surface area contributed by atoms with Crippen LogP contribution in [-0.2, 0) is 6.66 Å². The van der Waals surface area contributed by atoms with Crippen molar-refractivity contribution in [2.75, 3.05) is 0 Å². The third kappa shape index (κ3) is 2.44. The first-order chi connectivity index (χ1) is 8.84. The molecule has 18 heavy (non-hydrogen) atoms. The average Bonchev–Trinajstić information content (AvgIpc) is 2.56. The van der Waals surface area contributed by atoms with E-state index in [2.05, 4.69) is 12.1 Å². The Labute approximate surface area is 108 Å². The van der Waals surface area contributed by atoms with Crippen LogP contribution in [0.1, 0.15) is 13.8 Å². The standard InChI is InChI=1S/C13H11O2P.C2H6/c1-16-14-12-8-4-2-6-10(12)11-7-3-5-9-13(11)15-16;1-2/h2-9H,1H3;1-2H3. The quantitative estimate of drug-likeness (QED) is 0.506. The minimum absolute atomic E-state index is 0.891. The van der Waals surface area contributed by atoms with Crippen molar-refractivity contribution in [3.8, 4) is 0 Å². The first kappa shape index (κ1) is 12.8. The van der Waals surface area contributed by atoms with E-state index < -0.39 is 8.01 Å². The fourth-order valence-electron chi connectivity index (χ4n) is 1.83. The zero-order valence-corrected chi connectivity index (χ0v) is 11.8. The Balaban J connectivity index is 0.000000574. The number of benzene rings is 2. The molecule has 94 valence electrons. The molecule has 0 amide bonds. The number of hydrogen-bond acceptors (Lipinski definition) is 2. The van der Waals surface area contributed by atoms with E-state index in [0.717, 1.165) is 21.9 Å². The molecule has 0 aliphatic heterocycles. The lowest BCUT2D eigenvalue weighted by atomic mass is 10.1. The third-order valence-electron chi connectivity index (χ3n) is 2.52. The highest BCUT2D eigenvalue weighted by atomic mass is 31.1. The van der Waals surface area contributed by atoms with Crippen molar-refractivity contribution in [2.24, 2.45) is 6.66 Å². The van der Waals surface area contributed by atoms with E-state index >= 15 is 0 Å². The maximum absolute atomic E-state index is 5.78. The largest absolute Gasteiger partial charge is 0.419 e. The van der Waals surface area contributed by atoms with E-state index in [4.69, 9.17) is 8.39 Å². The summed E-state index contributed by atoms with van der Waals surface area (Å²) in [5.41, 5.74) is 1.81. The summed E-state index contributed by atoms with van der Waals surface area (Å²) in [4.78, 5) is 0. The Bertz CT molecular complexity index is 628. The van der Waals surface area contributed by atoms with E-state index in [9.17, 15) is 0 Å². The highest BCUT2D eigenvalue weighted by molar-refractivity contribution is 7.35. The number of hydrogen-bond donors (Lipinski definition) is 0. The van der Waals surface area contributed by atoms with Gasteiger partial charge in [0.05, 0.1) is 0 Å². The van der Waals surface area contributed by atoms with Crippen LogP contribution in [0.5, 0.6) is 0 Å². The van der Waals surface area contributed by atoms with E-state index in [0.29, 0.717) is 0 Å². The molecule has 2 aromatic carbocycles. The van der Waals surface area contributed by atoms with Gasteiger partial charge in [-0.05, 0) is 12.1 Å². The van der Waals surface area contributed by atoms with Crippen molar-refractivity contribution < 1.29 is 8.39 Å². The summed E-state index contributed by atoms with van der Waals surface area (Å²) >= 11 is 0. The molecule has 1 heterocycles. The Morgan fingerprint density at radius 3 is 1.56 bits per heavy atom. The molecule has 0 saturated heterocycles. The summed E-state index contributed by atoms with van der Waals surface area (Å²) < 4.78 is 11.6. The predicted molar refractivity (Wildman–Crippen MR) is 78.7 cm³/mol. The van der Waals surface area contributed by atoms with E-state index in [1.807, 2.05) is 56.9 Å². The van der Waals surface area contributed by atoms with Gasteiger partial charge < -0.3 is 8.39 Å². The lowest BCUT2D eigenvalue weighted by Crippen LogP contribution is -1.69. The molecule has 0 aliphatic carbocycles. The van der Waals surface area contributed by atoms with Gasteiger partial charge in [0.1, 0.15) is 11.2 Å². The van der Waals surface area contributed by atoms with Crippen LogP contribution in [0, 0.1) is 0 Å². The van der Waals surface area contributed by atoms with Crippen molar-refractivity contribution in [1.82, 2.24) is 0 Å². The number of fused-ring (bicyclic) bond motifs is 3. The van der Waals surface area contributed by atoms with Crippen LogP contribution in [0.3, 0.4) is 0 Å². The summed E-state index contributed by atoms with van der Waals surface area (Å²) in [6, 6.07) is 16.1. The van der Waals surface area contributed by atoms with Gasteiger partial charge in [0.2, 0.25) is 8.01 Å². The molecule has 3 heteroatoms. The molecule has 2 nitrogen and oxygen atoms in total. The van der Waals surface area contributed by atoms with Crippen molar-refractivity contribution in [1.29, 1.82) is 0 Å². The van der Waals surface area contributed by atoms with Gasteiger partial charge in [0, 0.05) is 17.4 Å². The molecule has 0 unspecified atom stereocenters. The average molecular weight is 260 g/mol. The highest BCUT2D eigenvalue weighted by Crippen LogP contribution is 2.32. The van der Waals surface area contributed by atoms with Crippen molar-refractivity contribution in [3.63, 3.8) is 0 Å². The summed E-state index contributed by atoms with van der Waals surface area (Å²) in [6.45, 7) is 5.97. The Morgan fingerprint density at radius 1 is 0.722 bits per heavy atom. The second-order valence-electron chi connectivity index (χ2n) is 3.61.